The molecule has 0 N–H and O–H groups in total. The SMILES string of the molecule is C=C(C)CN(CC)C(=O)COC(=O)c1cnn(-c2ccccc2)c1. The van der Waals surface area contributed by atoms with Crippen LogP contribution in [0.1, 0.15) is 24.2 Å². The molecule has 0 atom stereocenters. The van der Waals surface area contributed by atoms with Gasteiger partial charge in [-0.3, -0.25) is 4.79 Å². The van der Waals surface area contributed by atoms with E-state index in [4.69, 9.17) is 4.74 Å². The first-order chi connectivity index (χ1) is 11.5. The molecule has 0 radical (unpaired) electrons. The van der Waals surface area contributed by atoms with Crippen LogP contribution in [0.15, 0.2) is 54.9 Å². The Morgan fingerprint density at radius 1 is 1.29 bits per heavy atom. The number of esters is 1. The van der Waals surface area contributed by atoms with E-state index in [0.717, 1.165) is 11.3 Å². The summed E-state index contributed by atoms with van der Waals surface area (Å²) in [6, 6.07) is 9.42. The van der Waals surface area contributed by atoms with Crippen LogP contribution in [0.25, 0.3) is 5.69 Å². The predicted molar refractivity (Wildman–Crippen MR) is 90.9 cm³/mol. The summed E-state index contributed by atoms with van der Waals surface area (Å²) in [5.74, 6) is -0.818. The lowest BCUT2D eigenvalue weighted by Gasteiger charge is -2.20. The van der Waals surface area contributed by atoms with Gasteiger partial charge >= 0.3 is 5.97 Å². The first-order valence-corrected chi connectivity index (χ1v) is 7.70. The highest BCUT2D eigenvalue weighted by molar-refractivity contribution is 5.91. The minimum Gasteiger partial charge on any atom is -0.452 e. The zero-order chi connectivity index (χ0) is 17.5. The molecule has 6 nitrogen and oxygen atoms in total. The van der Waals surface area contributed by atoms with Gasteiger partial charge in [-0.1, -0.05) is 30.4 Å². The number of benzene rings is 1. The molecule has 0 aliphatic carbocycles. The Morgan fingerprint density at radius 3 is 2.62 bits per heavy atom. The Labute approximate surface area is 141 Å². The van der Waals surface area contributed by atoms with Crippen molar-refractivity contribution in [2.75, 3.05) is 19.7 Å². The third-order valence-corrected chi connectivity index (χ3v) is 3.36. The Hall–Kier alpha value is -2.89. The summed E-state index contributed by atoms with van der Waals surface area (Å²) in [5, 5.41) is 4.13. The van der Waals surface area contributed by atoms with E-state index in [1.807, 2.05) is 44.2 Å². The minimum absolute atomic E-state index is 0.246. The van der Waals surface area contributed by atoms with E-state index in [1.165, 1.54) is 6.20 Å². The zero-order valence-electron chi connectivity index (χ0n) is 13.9. The number of nitrogens with zero attached hydrogens (tertiary/aromatic N) is 3. The predicted octanol–water partition coefficient (Wildman–Crippen LogP) is 2.45. The highest BCUT2D eigenvalue weighted by Crippen LogP contribution is 2.09. The second-order valence-corrected chi connectivity index (χ2v) is 5.45. The fourth-order valence-corrected chi connectivity index (χ4v) is 2.15. The second kappa shape index (κ2) is 8.10. The number of carbonyl (C=O) groups excluding carboxylic acids is 2. The molecule has 0 aliphatic rings. The highest BCUT2D eigenvalue weighted by Gasteiger charge is 2.16. The van der Waals surface area contributed by atoms with Crippen LogP contribution >= 0.6 is 0 Å². The highest BCUT2D eigenvalue weighted by atomic mass is 16.5. The molecule has 1 aromatic heterocycles. The molecule has 0 saturated heterocycles. The van der Waals surface area contributed by atoms with Crippen LogP contribution in [0.3, 0.4) is 0 Å². The summed E-state index contributed by atoms with van der Waals surface area (Å²) in [6.07, 6.45) is 3.00. The summed E-state index contributed by atoms with van der Waals surface area (Å²) >= 11 is 0. The van der Waals surface area contributed by atoms with Crippen molar-refractivity contribution in [1.29, 1.82) is 0 Å². The molecule has 2 aromatic rings. The lowest BCUT2D eigenvalue weighted by atomic mass is 10.3. The zero-order valence-corrected chi connectivity index (χ0v) is 13.9. The monoisotopic (exact) mass is 327 g/mol. The Balaban J connectivity index is 1.94. The number of likely N-dealkylation sites (N-methyl/N-ethyl adjacent to an activating group) is 1. The maximum absolute atomic E-state index is 12.1. The van der Waals surface area contributed by atoms with E-state index in [1.54, 1.807) is 15.8 Å². The summed E-state index contributed by atoms with van der Waals surface area (Å²) in [6.45, 7) is 8.20. The van der Waals surface area contributed by atoms with Crippen LogP contribution in [-0.4, -0.2) is 46.3 Å². The molecule has 0 bridgehead atoms. The fourth-order valence-electron chi connectivity index (χ4n) is 2.15. The van der Waals surface area contributed by atoms with E-state index in [-0.39, 0.29) is 12.5 Å². The first kappa shape index (κ1) is 17.5. The van der Waals surface area contributed by atoms with Gasteiger partial charge in [0.25, 0.3) is 5.91 Å². The molecule has 0 fully saturated rings. The van der Waals surface area contributed by atoms with Gasteiger partial charge in [0.05, 0.1) is 17.4 Å². The number of rotatable bonds is 7. The fraction of sp³-hybridized carbons (Fsp3) is 0.278. The third kappa shape index (κ3) is 4.55. The van der Waals surface area contributed by atoms with Gasteiger partial charge in [-0.2, -0.15) is 5.10 Å². The van der Waals surface area contributed by atoms with Gasteiger partial charge in [-0.25, -0.2) is 9.48 Å². The number of hydrogen-bond donors (Lipinski definition) is 0. The van der Waals surface area contributed by atoms with Crippen molar-refractivity contribution >= 4 is 11.9 Å². The molecule has 0 spiro atoms. The van der Waals surface area contributed by atoms with Crippen molar-refractivity contribution in [3.8, 4) is 5.69 Å². The van der Waals surface area contributed by atoms with E-state index in [2.05, 4.69) is 11.7 Å². The Morgan fingerprint density at radius 2 is 2.00 bits per heavy atom. The molecule has 0 saturated carbocycles. The number of hydrogen-bond acceptors (Lipinski definition) is 4. The normalized spacial score (nSPS) is 10.2. The van der Waals surface area contributed by atoms with Crippen LogP contribution in [0, 0.1) is 0 Å². The first-order valence-electron chi connectivity index (χ1n) is 7.70. The number of aromatic nitrogens is 2. The van der Waals surface area contributed by atoms with E-state index < -0.39 is 5.97 Å². The second-order valence-electron chi connectivity index (χ2n) is 5.45. The molecular weight excluding hydrogens is 306 g/mol. The third-order valence-electron chi connectivity index (χ3n) is 3.36. The van der Waals surface area contributed by atoms with Crippen LogP contribution < -0.4 is 0 Å². The van der Waals surface area contributed by atoms with Crippen molar-refractivity contribution in [3.05, 3.63) is 60.4 Å². The molecule has 1 amide bonds. The average molecular weight is 327 g/mol. The van der Waals surface area contributed by atoms with Crippen molar-refractivity contribution in [1.82, 2.24) is 14.7 Å². The van der Waals surface area contributed by atoms with Crippen LogP contribution in [0.4, 0.5) is 0 Å². The molecule has 6 heteroatoms. The van der Waals surface area contributed by atoms with Gasteiger partial charge in [-0.15, -0.1) is 0 Å². The minimum atomic E-state index is -0.572. The lowest BCUT2D eigenvalue weighted by molar-refractivity contribution is -0.133. The van der Waals surface area contributed by atoms with Gasteiger partial charge < -0.3 is 9.64 Å². The van der Waals surface area contributed by atoms with Crippen molar-refractivity contribution in [2.45, 2.75) is 13.8 Å². The van der Waals surface area contributed by atoms with E-state index in [0.29, 0.717) is 18.7 Å². The summed E-state index contributed by atoms with van der Waals surface area (Å²) < 4.78 is 6.67. The van der Waals surface area contributed by atoms with Crippen LogP contribution in [0.2, 0.25) is 0 Å². The van der Waals surface area contributed by atoms with Crippen LogP contribution in [0.5, 0.6) is 0 Å². The Kier molecular flexibility index (Phi) is 5.89. The lowest BCUT2D eigenvalue weighted by Crippen LogP contribution is -2.35. The van der Waals surface area contributed by atoms with Gasteiger partial charge in [-0.05, 0) is 26.0 Å². The van der Waals surface area contributed by atoms with Crippen molar-refractivity contribution in [3.63, 3.8) is 0 Å². The smallest absolute Gasteiger partial charge is 0.341 e. The molecular formula is C18H21N3O3. The number of amides is 1. The van der Waals surface area contributed by atoms with Gasteiger partial charge in [0.2, 0.25) is 0 Å². The van der Waals surface area contributed by atoms with E-state index >= 15 is 0 Å². The maximum Gasteiger partial charge on any atom is 0.341 e. The molecule has 1 heterocycles. The number of ether oxygens (including phenoxy) is 1. The van der Waals surface area contributed by atoms with Crippen molar-refractivity contribution < 1.29 is 14.3 Å². The summed E-state index contributed by atoms with van der Waals surface area (Å²) in [4.78, 5) is 25.7. The largest absolute Gasteiger partial charge is 0.452 e. The van der Waals surface area contributed by atoms with Gasteiger partial charge in [0.1, 0.15) is 0 Å². The molecule has 2 rings (SSSR count). The standard InChI is InChI=1S/C18H21N3O3/c1-4-20(11-14(2)3)17(22)13-24-18(23)15-10-19-21(12-15)16-8-6-5-7-9-16/h5-10,12H,2,4,11,13H2,1,3H3. The van der Waals surface area contributed by atoms with Gasteiger partial charge in [0.15, 0.2) is 6.61 Å². The molecule has 0 aliphatic heterocycles. The van der Waals surface area contributed by atoms with E-state index in [9.17, 15) is 9.59 Å². The van der Waals surface area contributed by atoms with Crippen LogP contribution in [-0.2, 0) is 9.53 Å². The number of para-hydroxylation sites is 1. The molecule has 1 aromatic carbocycles. The summed E-state index contributed by atoms with van der Waals surface area (Å²) in [5.41, 5.74) is 2.02. The Bertz CT molecular complexity index is 722. The molecule has 24 heavy (non-hydrogen) atoms. The topological polar surface area (TPSA) is 64.4 Å². The molecule has 126 valence electrons. The molecule has 0 unspecified atom stereocenters. The van der Waals surface area contributed by atoms with Gasteiger partial charge in [0, 0.05) is 19.3 Å². The summed E-state index contributed by atoms with van der Waals surface area (Å²) in [7, 11) is 0. The average Bonchev–Trinajstić information content (AvgIpc) is 3.08. The number of carbonyl (C=O) groups is 2. The van der Waals surface area contributed by atoms with Crippen molar-refractivity contribution in [2.24, 2.45) is 0 Å². The quantitative estimate of drug-likeness (QED) is 0.579. The maximum atomic E-state index is 12.1.